The molecule has 0 spiro atoms. The molecule has 106 valence electrons. The number of amides is 1. The number of hydrogen-bond donors (Lipinski definition) is 1. The zero-order valence-electron chi connectivity index (χ0n) is 11.3. The van der Waals surface area contributed by atoms with E-state index in [0.717, 1.165) is 10.6 Å². The van der Waals surface area contributed by atoms with Crippen LogP contribution >= 0.6 is 22.7 Å². The number of carbonyl (C=O) groups excluding carboxylic acids is 1. The quantitative estimate of drug-likeness (QED) is 0.942. The zero-order valence-corrected chi connectivity index (χ0v) is 12.9. The molecule has 0 aliphatic heterocycles. The largest absolute Gasteiger partial charge is 0.480 e. The van der Waals surface area contributed by atoms with Crippen LogP contribution in [0.2, 0.25) is 0 Å². The van der Waals surface area contributed by atoms with E-state index < -0.39 is 12.0 Å². The lowest BCUT2D eigenvalue weighted by molar-refractivity contribution is -0.141. The minimum Gasteiger partial charge on any atom is -0.480 e. The van der Waals surface area contributed by atoms with Crippen molar-refractivity contribution in [1.29, 1.82) is 0 Å². The maximum absolute atomic E-state index is 12.3. The highest BCUT2D eigenvalue weighted by Gasteiger charge is 2.26. The van der Waals surface area contributed by atoms with E-state index in [-0.39, 0.29) is 5.91 Å². The Morgan fingerprint density at radius 2 is 2.15 bits per heavy atom. The molecule has 1 amide bonds. The molecule has 5 nitrogen and oxygen atoms in total. The summed E-state index contributed by atoms with van der Waals surface area (Å²) in [5.74, 6) is -1.34. The first kappa shape index (κ1) is 14.7. The maximum atomic E-state index is 12.3. The Morgan fingerprint density at radius 3 is 2.70 bits per heavy atom. The summed E-state index contributed by atoms with van der Waals surface area (Å²) >= 11 is 2.86. The molecule has 0 bridgehead atoms. The lowest BCUT2D eigenvalue weighted by Crippen LogP contribution is -2.40. The second-order valence-corrected chi connectivity index (χ2v) is 6.15. The molecule has 1 unspecified atom stereocenters. The summed E-state index contributed by atoms with van der Waals surface area (Å²) in [6.45, 7) is 3.25. The van der Waals surface area contributed by atoms with E-state index in [1.165, 1.54) is 30.2 Å². The van der Waals surface area contributed by atoms with Crippen molar-refractivity contribution in [2.45, 2.75) is 19.9 Å². The summed E-state index contributed by atoms with van der Waals surface area (Å²) in [5, 5.41) is 13.7. The highest BCUT2D eigenvalue weighted by molar-refractivity contribution is 7.17. The number of hydrogen-bond acceptors (Lipinski definition) is 5. The molecule has 0 aliphatic carbocycles. The molecular weight excluding hydrogens is 296 g/mol. The molecule has 2 aromatic heterocycles. The fourth-order valence-electron chi connectivity index (χ4n) is 1.61. The number of likely N-dealkylation sites (N-methyl/N-ethyl adjacent to an activating group) is 1. The monoisotopic (exact) mass is 310 g/mol. The second-order valence-electron chi connectivity index (χ2n) is 4.38. The van der Waals surface area contributed by atoms with Gasteiger partial charge in [0.25, 0.3) is 5.91 Å². The minimum absolute atomic E-state index is 0.309. The van der Waals surface area contributed by atoms with Crippen molar-refractivity contribution in [3.63, 3.8) is 0 Å². The third kappa shape index (κ3) is 2.73. The van der Waals surface area contributed by atoms with E-state index in [0.29, 0.717) is 10.6 Å². The van der Waals surface area contributed by atoms with Crippen molar-refractivity contribution in [3.8, 4) is 10.6 Å². The molecule has 0 saturated heterocycles. The van der Waals surface area contributed by atoms with E-state index in [9.17, 15) is 9.59 Å². The fraction of sp³-hybridized carbons (Fsp3) is 0.308. The minimum atomic E-state index is -1.03. The number of nitrogens with zero attached hydrogens (tertiary/aromatic N) is 2. The van der Waals surface area contributed by atoms with Gasteiger partial charge in [-0.2, -0.15) is 11.3 Å². The van der Waals surface area contributed by atoms with Crippen molar-refractivity contribution < 1.29 is 14.7 Å². The van der Waals surface area contributed by atoms with E-state index in [2.05, 4.69) is 4.98 Å². The molecule has 0 radical (unpaired) electrons. The lowest BCUT2D eigenvalue weighted by atomic mass is 10.2. The van der Waals surface area contributed by atoms with Crippen LogP contribution in [0, 0.1) is 6.92 Å². The van der Waals surface area contributed by atoms with E-state index in [1.807, 2.05) is 16.8 Å². The number of carbonyl (C=O) groups is 2. The van der Waals surface area contributed by atoms with Crippen molar-refractivity contribution >= 4 is 34.6 Å². The predicted octanol–water partition coefficient (Wildman–Crippen LogP) is 2.73. The van der Waals surface area contributed by atoms with Gasteiger partial charge in [0.05, 0.1) is 5.69 Å². The molecule has 20 heavy (non-hydrogen) atoms. The molecule has 0 aliphatic rings. The number of carboxylic acid groups (broad SMARTS) is 1. The van der Waals surface area contributed by atoms with Crippen molar-refractivity contribution in [1.82, 2.24) is 9.88 Å². The van der Waals surface area contributed by atoms with Gasteiger partial charge in [-0.15, -0.1) is 11.3 Å². The maximum Gasteiger partial charge on any atom is 0.326 e. The molecule has 1 atom stereocenters. The average Bonchev–Trinajstić information content (AvgIpc) is 3.04. The number of thiophene rings is 1. The second kappa shape index (κ2) is 5.72. The van der Waals surface area contributed by atoms with E-state index in [1.54, 1.807) is 18.3 Å². The highest BCUT2D eigenvalue weighted by Crippen LogP contribution is 2.30. The Balaban J connectivity index is 2.29. The van der Waals surface area contributed by atoms with Crippen LogP contribution in [0.3, 0.4) is 0 Å². The molecular formula is C13H14N2O3S2. The zero-order chi connectivity index (χ0) is 14.9. The van der Waals surface area contributed by atoms with Crippen LogP contribution in [0.5, 0.6) is 0 Å². The Morgan fingerprint density at radius 1 is 1.45 bits per heavy atom. The van der Waals surface area contributed by atoms with Crippen LogP contribution in [0.25, 0.3) is 10.6 Å². The number of thiazole rings is 1. The van der Waals surface area contributed by atoms with Gasteiger partial charge in [-0.3, -0.25) is 4.79 Å². The number of aliphatic carboxylic acids is 1. The van der Waals surface area contributed by atoms with Crippen molar-refractivity contribution in [2.24, 2.45) is 0 Å². The number of carboxylic acids is 1. The van der Waals surface area contributed by atoms with Gasteiger partial charge in [-0.25, -0.2) is 9.78 Å². The summed E-state index contributed by atoms with van der Waals surface area (Å²) in [4.78, 5) is 29.4. The molecule has 2 aromatic rings. The van der Waals surface area contributed by atoms with Crippen LogP contribution in [-0.4, -0.2) is 40.0 Å². The van der Waals surface area contributed by atoms with Gasteiger partial charge in [0.1, 0.15) is 15.9 Å². The number of aryl methyl sites for hydroxylation is 1. The van der Waals surface area contributed by atoms with Gasteiger partial charge in [0.15, 0.2) is 0 Å². The van der Waals surface area contributed by atoms with Gasteiger partial charge in [0, 0.05) is 18.0 Å². The van der Waals surface area contributed by atoms with Crippen molar-refractivity contribution in [3.05, 3.63) is 27.4 Å². The number of rotatable bonds is 4. The van der Waals surface area contributed by atoms with Crippen LogP contribution in [-0.2, 0) is 4.79 Å². The lowest BCUT2D eigenvalue weighted by Gasteiger charge is -2.20. The molecule has 0 saturated carbocycles. The van der Waals surface area contributed by atoms with Gasteiger partial charge >= 0.3 is 5.97 Å². The standard InChI is InChI=1S/C13H14N2O3S2/c1-7-10(12(16)15(3)8(2)13(17)18)20-11(14-7)9-4-5-19-6-9/h4-6,8H,1-3H3,(H,17,18). The third-order valence-electron chi connectivity index (χ3n) is 3.02. The first-order valence-electron chi connectivity index (χ1n) is 5.91. The summed E-state index contributed by atoms with van der Waals surface area (Å²) in [5.41, 5.74) is 1.61. The SMILES string of the molecule is Cc1nc(-c2ccsc2)sc1C(=O)N(C)C(C)C(=O)O. The van der Waals surface area contributed by atoms with Gasteiger partial charge < -0.3 is 10.0 Å². The Labute approximate surface area is 124 Å². The first-order valence-corrected chi connectivity index (χ1v) is 7.67. The average molecular weight is 310 g/mol. The fourth-order valence-corrected chi connectivity index (χ4v) is 3.37. The first-order chi connectivity index (χ1) is 9.41. The molecule has 1 N–H and O–H groups in total. The van der Waals surface area contributed by atoms with Gasteiger partial charge in [0.2, 0.25) is 0 Å². The Bertz CT molecular complexity index is 634. The number of aromatic nitrogens is 1. The smallest absolute Gasteiger partial charge is 0.326 e. The summed E-state index contributed by atoms with van der Waals surface area (Å²) in [6, 6.07) is 1.08. The Hall–Kier alpha value is -1.73. The molecule has 2 heterocycles. The van der Waals surface area contributed by atoms with E-state index in [4.69, 9.17) is 5.11 Å². The van der Waals surface area contributed by atoms with Crippen LogP contribution < -0.4 is 0 Å². The van der Waals surface area contributed by atoms with E-state index >= 15 is 0 Å². The van der Waals surface area contributed by atoms with Crippen molar-refractivity contribution in [2.75, 3.05) is 7.05 Å². The van der Waals surface area contributed by atoms with Crippen LogP contribution in [0.1, 0.15) is 22.3 Å². The van der Waals surface area contributed by atoms with Gasteiger partial charge in [-0.05, 0) is 25.3 Å². The molecule has 0 fully saturated rings. The normalized spacial score (nSPS) is 12.2. The molecule has 0 aromatic carbocycles. The summed E-state index contributed by atoms with van der Waals surface area (Å²) in [7, 11) is 1.49. The Kier molecular flexibility index (Phi) is 4.20. The predicted molar refractivity (Wildman–Crippen MR) is 79.4 cm³/mol. The third-order valence-corrected chi connectivity index (χ3v) is 4.90. The highest BCUT2D eigenvalue weighted by atomic mass is 32.1. The van der Waals surface area contributed by atoms with Crippen LogP contribution in [0.4, 0.5) is 0 Å². The molecule has 2 rings (SSSR count). The van der Waals surface area contributed by atoms with Crippen LogP contribution in [0.15, 0.2) is 16.8 Å². The topological polar surface area (TPSA) is 70.5 Å². The molecule has 7 heteroatoms. The van der Waals surface area contributed by atoms with Gasteiger partial charge in [-0.1, -0.05) is 0 Å². The summed E-state index contributed by atoms with van der Waals surface area (Å²) in [6.07, 6.45) is 0. The summed E-state index contributed by atoms with van der Waals surface area (Å²) < 4.78 is 0.